The average molecular weight is 215 g/mol. The molecule has 1 heteroatoms. The highest BCUT2D eigenvalue weighted by Crippen LogP contribution is 2.18. The maximum absolute atomic E-state index is 2.47. The monoisotopic (exact) mass is 215 g/mol. The van der Waals surface area contributed by atoms with E-state index in [0.29, 0.717) is 6.04 Å². The molecule has 0 saturated heterocycles. The number of rotatable bonds is 3. The Kier molecular flexibility index (Phi) is 3.79. The highest BCUT2D eigenvalue weighted by atomic mass is 15.1. The Labute approximate surface area is 98.8 Å². The molecule has 0 spiro atoms. The van der Waals surface area contributed by atoms with E-state index >= 15 is 0 Å². The molecule has 0 radical (unpaired) electrons. The summed E-state index contributed by atoms with van der Waals surface area (Å²) in [6, 6.07) is 11.4. The van der Waals surface area contributed by atoms with Crippen LogP contribution in [0, 0.1) is 0 Å². The minimum absolute atomic E-state index is 0.633. The molecule has 2 rings (SSSR count). The lowest BCUT2D eigenvalue weighted by Crippen LogP contribution is -2.34. The van der Waals surface area contributed by atoms with Crippen molar-refractivity contribution in [3.8, 4) is 0 Å². The maximum Gasteiger partial charge on any atom is 0.0280 e. The molecule has 1 atom stereocenters. The van der Waals surface area contributed by atoms with Gasteiger partial charge >= 0.3 is 0 Å². The Bertz CT molecular complexity index is 353. The first-order chi connectivity index (χ1) is 7.75. The van der Waals surface area contributed by atoms with Crippen LogP contribution in [0.1, 0.15) is 25.3 Å². The molecule has 0 N–H and O–H groups in total. The van der Waals surface area contributed by atoms with Crippen LogP contribution in [0.4, 0.5) is 0 Å². The van der Waals surface area contributed by atoms with Gasteiger partial charge in [0.25, 0.3) is 0 Å². The Morgan fingerprint density at radius 1 is 1.25 bits per heavy atom. The van der Waals surface area contributed by atoms with Gasteiger partial charge in [-0.25, -0.2) is 0 Å². The van der Waals surface area contributed by atoms with Crippen LogP contribution in [0.15, 0.2) is 42.0 Å². The van der Waals surface area contributed by atoms with E-state index < -0.39 is 0 Å². The first-order valence-electron chi connectivity index (χ1n) is 6.17. The summed E-state index contributed by atoms with van der Waals surface area (Å²) in [5.74, 6) is 0. The zero-order chi connectivity index (χ0) is 11.4. The van der Waals surface area contributed by atoms with E-state index in [1.807, 2.05) is 0 Å². The zero-order valence-electron chi connectivity index (χ0n) is 10.3. The normalized spacial score (nSPS) is 21.9. The predicted octanol–water partition coefficient (Wildman–Crippen LogP) is 3.27. The molecule has 1 heterocycles. The van der Waals surface area contributed by atoms with Crippen molar-refractivity contribution in [1.82, 2.24) is 4.90 Å². The quantitative estimate of drug-likeness (QED) is 0.699. The van der Waals surface area contributed by atoms with E-state index in [4.69, 9.17) is 0 Å². The second-order valence-electron chi connectivity index (χ2n) is 4.84. The summed E-state index contributed by atoms with van der Waals surface area (Å²) in [5, 5.41) is 0. The summed E-state index contributed by atoms with van der Waals surface area (Å²) in [5.41, 5.74) is 3.00. The summed E-state index contributed by atoms with van der Waals surface area (Å²) in [4.78, 5) is 2.47. The molecule has 1 aromatic rings. The van der Waals surface area contributed by atoms with Gasteiger partial charge in [0.2, 0.25) is 0 Å². The summed E-state index contributed by atoms with van der Waals surface area (Å²) in [6.07, 6.45) is 6.09. The molecule has 0 aromatic heterocycles. The summed E-state index contributed by atoms with van der Waals surface area (Å²) in [7, 11) is 2.23. The van der Waals surface area contributed by atoms with Crippen molar-refractivity contribution < 1.29 is 0 Å². The highest BCUT2D eigenvalue weighted by Gasteiger charge is 2.16. The molecule has 1 aromatic carbocycles. The third-order valence-electron chi connectivity index (χ3n) is 3.47. The molecule has 0 fully saturated rings. The van der Waals surface area contributed by atoms with Crippen molar-refractivity contribution in [2.75, 3.05) is 13.6 Å². The van der Waals surface area contributed by atoms with E-state index in [1.54, 1.807) is 5.57 Å². The van der Waals surface area contributed by atoms with E-state index in [0.717, 1.165) is 0 Å². The van der Waals surface area contributed by atoms with Crippen LogP contribution in [0.3, 0.4) is 0 Å². The predicted molar refractivity (Wildman–Crippen MR) is 69.6 cm³/mol. The van der Waals surface area contributed by atoms with Crippen LogP contribution in [-0.4, -0.2) is 24.5 Å². The van der Waals surface area contributed by atoms with Gasteiger partial charge in [-0.3, -0.25) is 4.90 Å². The fraction of sp³-hybridized carbons (Fsp3) is 0.467. The van der Waals surface area contributed by atoms with Gasteiger partial charge in [-0.1, -0.05) is 42.0 Å². The molecule has 0 bridgehead atoms. The topological polar surface area (TPSA) is 3.24 Å². The Balaban J connectivity index is 1.92. The molecule has 0 saturated carbocycles. The second-order valence-corrected chi connectivity index (χ2v) is 4.84. The third-order valence-corrected chi connectivity index (χ3v) is 3.47. The number of hydrogen-bond acceptors (Lipinski definition) is 1. The maximum atomic E-state index is 2.47. The SMILES string of the molecule is CC1=CC(CCc2ccccc2)N(C)CC1. The van der Waals surface area contributed by atoms with Crippen LogP contribution >= 0.6 is 0 Å². The molecule has 1 aliphatic heterocycles. The number of aryl methyl sites for hydroxylation is 1. The standard InChI is InChI=1S/C15H21N/c1-13-10-11-16(2)15(12-13)9-8-14-6-4-3-5-7-14/h3-7,12,15H,8-11H2,1-2H3. The molecule has 0 amide bonds. The number of nitrogens with zero attached hydrogens (tertiary/aromatic N) is 1. The van der Waals surface area contributed by atoms with Gasteiger partial charge in [0.15, 0.2) is 0 Å². The van der Waals surface area contributed by atoms with E-state index in [9.17, 15) is 0 Å². The van der Waals surface area contributed by atoms with Crippen LogP contribution < -0.4 is 0 Å². The van der Waals surface area contributed by atoms with Gasteiger partial charge in [-0.15, -0.1) is 0 Å². The summed E-state index contributed by atoms with van der Waals surface area (Å²) in [6.45, 7) is 3.46. The largest absolute Gasteiger partial charge is 0.300 e. The smallest absolute Gasteiger partial charge is 0.0280 e. The fourth-order valence-electron chi connectivity index (χ4n) is 2.32. The fourth-order valence-corrected chi connectivity index (χ4v) is 2.32. The third kappa shape index (κ3) is 2.96. The zero-order valence-corrected chi connectivity index (χ0v) is 10.3. The van der Waals surface area contributed by atoms with Crippen molar-refractivity contribution >= 4 is 0 Å². The van der Waals surface area contributed by atoms with Gasteiger partial charge in [0.1, 0.15) is 0 Å². The molecular weight excluding hydrogens is 194 g/mol. The number of likely N-dealkylation sites (N-methyl/N-ethyl adjacent to an activating group) is 1. The average Bonchev–Trinajstić information content (AvgIpc) is 2.32. The van der Waals surface area contributed by atoms with Gasteiger partial charge in [0.05, 0.1) is 0 Å². The summed E-state index contributed by atoms with van der Waals surface area (Å²) >= 11 is 0. The van der Waals surface area contributed by atoms with Crippen molar-refractivity contribution in [2.45, 2.75) is 32.2 Å². The first-order valence-corrected chi connectivity index (χ1v) is 6.17. The van der Waals surface area contributed by atoms with E-state index in [-0.39, 0.29) is 0 Å². The van der Waals surface area contributed by atoms with E-state index in [1.165, 1.54) is 31.4 Å². The number of benzene rings is 1. The molecule has 1 aliphatic rings. The van der Waals surface area contributed by atoms with Gasteiger partial charge in [-0.2, -0.15) is 0 Å². The van der Waals surface area contributed by atoms with Crippen LogP contribution in [0.5, 0.6) is 0 Å². The van der Waals surface area contributed by atoms with Crippen molar-refractivity contribution in [3.63, 3.8) is 0 Å². The van der Waals surface area contributed by atoms with Crippen molar-refractivity contribution in [2.24, 2.45) is 0 Å². The second kappa shape index (κ2) is 5.31. The molecule has 1 nitrogen and oxygen atoms in total. The molecule has 0 aliphatic carbocycles. The van der Waals surface area contributed by atoms with Gasteiger partial charge in [-0.05, 0) is 38.8 Å². The minimum atomic E-state index is 0.633. The Morgan fingerprint density at radius 2 is 2.00 bits per heavy atom. The highest BCUT2D eigenvalue weighted by molar-refractivity contribution is 5.16. The Hall–Kier alpha value is -1.08. The lowest BCUT2D eigenvalue weighted by atomic mass is 9.98. The molecule has 86 valence electrons. The van der Waals surface area contributed by atoms with Crippen LogP contribution in [-0.2, 0) is 6.42 Å². The number of hydrogen-bond donors (Lipinski definition) is 0. The lowest BCUT2D eigenvalue weighted by Gasteiger charge is -2.30. The lowest BCUT2D eigenvalue weighted by molar-refractivity contribution is 0.259. The van der Waals surface area contributed by atoms with E-state index in [2.05, 4.69) is 55.3 Å². The molecular formula is C15H21N. The van der Waals surface area contributed by atoms with Gasteiger partial charge < -0.3 is 0 Å². The summed E-state index contributed by atoms with van der Waals surface area (Å²) < 4.78 is 0. The molecule has 16 heavy (non-hydrogen) atoms. The van der Waals surface area contributed by atoms with Crippen LogP contribution in [0.25, 0.3) is 0 Å². The van der Waals surface area contributed by atoms with Crippen molar-refractivity contribution in [3.05, 3.63) is 47.5 Å². The minimum Gasteiger partial charge on any atom is -0.300 e. The Morgan fingerprint density at radius 3 is 2.75 bits per heavy atom. The van der Waals surface area contributed by atoms with Crippen molar-refractivity contribution in [1.29, 1.82) is 0 Å². The van der Waals surface area contributed by atoms with Gasteiger partial charge in [0, 0.05) is 12.6 Å². The first kappa shape index (κ1) is 11.4. The van der Waals surface area contributed by atoms with Crippen LogP contribution in [0.2, 0.25) is 0 Å². The molecule has 1 unspecified atom stereocenters.